The minimum atomic E-state index is -1.98. The number of aliphatic carboxylic acids is 2. The van der Waals surface area contributed by atoms with Crippen LogP contribution in [0.25, 0.3) is 0 Å². The minimum absolute atomic E-state index is 0.00899. The summed E-state index contributed by atoms with van der Waals surface area (Å²) >= 11 is 12.2. The standard InChI is InChI=1S/C26H20Cl2N4O7/c27-17-5-2-6-18(28)20(17)22(33)29-15-9-7-13(8-10-15)11-19(24(35)36)32-21(25(37)38)31-26(39)30-16-4-1-3-14(12-16)23(32)34/h1-10,12,19,21H,11H2,(H,29,33)(H,35,36)(H,37,38)(H2,30,31,39). The molecule has 0 saturated carbocycles. The molecule has 0 radical (unpaired) electrons. The highest BCUT2D eigenvalue weighted by molar-refractivity contribution is 6.40. The fraction of sp³-hybridized carbons (Fsp3) is 0.115. The van der Waals surface area contributed by atoms with E-state index in [0.29, 0.717) is 16.2 Å². The maximum absolute atomic E-state index is 13.4. The Bertz CT molecular complexity index is 1460. The lowest BCUT2D eigenvalue weighted by Gasteiger charge is -2.33. The second kappa shape index (κ2) is 11.4. The van der Waals surface area contributed by atoms with E-state index in [9.17, 15) is 34.2 Å². The first-order valence-corrected chi connectivity index (χ1v) is 12.1. The lowest BCUT2D eigenvalue weighted by molar-refractivity contribution is -0.149. The smallest absolute Gasteiger partial charge is 0.347 e. The molecule has 3 aromatic rings. The minimum Gasteiger partial charge on any atom is -0.480 e. The van der Waals surface area contributed by atoms with Crippen LogP contribution in [0.3, 0.4) is 0 Å². The van der Waals surface area contributed by atoms with Gasteiger partial charge in [-0.2, -0.15) is 0 Å². The number of urea groups is 1. The number of nitrogens with zero attached hydrogens (tertiary/aromatic N) is 1. The number of carboxylic acid groups (broad SMARTS) is 2. The summed E-state index contributed by atoms with van der Waals surface area (Å²) in [5.74, 6) is -4.57. The van der Waals surface area contributed by atoms with Gasteiger partial charge in [0, 0.05) is 23.4 Å². The Balaban J connectivity index is 1.61. The fourth-order valence-electron chi connectivity index (χ4n) is 4.02. The van der Waals surface area contributed by atoms with Crippen molar-refractivity contribution in [1.82, 2.24) is 10.2 Å². The third-order valence-electron chi connectivity index (χ3n) is 5.83. The number of fused-ring (bicyclic) bond motifs is 2. The van der Waals surface area contributed by atoms with Gasteiger partial charge in [-0.05, 0) is 48.0 Å². The zero-order valence-electron chi connectivity index (χ0n) is 19.9. The van der Waals surface area contributed by atoms with Crippen molar-refractivity contribution in [3.8, 4) is 0 Å². The van der Waals surface area contributed by atoms with Crippen molar-refractivity contribution in [2.75, 3.05) is 10.6 Å². The van der Waals surface area contributed by atoms with E-state index in [2.05, 4.69) is 16.0 Å². The van der Waals surface area contributed by atoms with Crippen LogP contribution in [0, 0.1) is 0 Å². The molecular weight excluding hydrogens is 551 g/mol. The molecule has 13 heteroatoms. The average Bonchev–Trinajstić information content (AvgIpc) is 2.91. The number of halogens is 2. The zero-order chi connectivity index (χ0) is 28.3. The molecule has 1 aliphatic heterocycles. The van der Waals surface area contributed by atoms with Crippen LogP contribution in [0.4, 0.5) is 16.2 Å². The molecule has 2 atom stereocenters. The van der Waals surface area contributed by atoms with E-state index >= 15 is 0 Å². The van der Waals surface area contributed by atoms with E-state index in [-0.39, 0.29) is 33.3 Å². The largest absolute Gasteiger partial charge is 0.480 e. The van der Waals surface area contributed by atoms with Crippen LogP contribution in [-0.2, 0) is 16.0 Å². The Morgan fingerprint density at radius 1 is 0.949 bits per heavy atom. The van der Waals surface area contributed by atoms with Crippen molar-refractivity contribution in [3.05, 3.63) is 93.5 Å². The summed E-state index contributed by atoms with van der Waals surface area (Å²) in [4.78, 5) is 63.4. The molecule has 0 spiro atoms. The van der Waals surface area contributed by atoms with Crippen molar-refractivity contribution >= 4 is 64.4 Å². The van der Waals surface area contributed by atoms with Gasteiger partial charge in [0.05, 0.1) is 15.6 Å². The molecule has 39 heavy (non-hydrogen) atoms. The van der Waals surface area contributed by atoms with Gasteiger partial charge in [0.25, 0.3) is 11.8 Å². The van der Waals surface area contributed by atoms with Crippen molar-refractivity contribution in [2.24, 2.45) is 0 Å². The number of rotatable bonds is 7. The van der Waals surface area contributed by atoms with Crippen molar-refractivity contribution in [1.29, 1.82) is 0 Å². The van der Waals surface area contributed by atoms with Crippen molar-refractivity contribution in [2.45, 2.75) is 18.6 Å². The average molecular weight is 571 g/mol. The number of carbonyl (C=O) groups is 5. The Hall–Kier alpha value is -4.61. The number of nitrogens with one attached hydrogen (secondary N) is 3. The molecule has 2 bridgehead atoms. The maximum atomic E-state index is 13.4. The Kier molecular flexibility index (Phi) is 8.03. The van der Waals surface area contributed by atoms with Gasteiger partial charge in [-0.15, -0.1) is 0 Å². The summed E-state index contributed by atoms with van der Waals surface area (Å²) in [5.41, 5.74) is 1.06. The first-order valence-electron chi connectivity index (χ1n) is 11.4. The summed E-state index contributed by atoms with van der Waals surface area (Å²) < 4.78 is 0. The highest BCUT2D eigenvalue weighted by Crippen LogP contribution is 2.26. The third kappa shape index (κ3) is 6.11. The summed E-state index contributed by atoms with van der Waals surface area (Å²) in [7, 11) is 0. The first kappa shape index (κ1) is 27.4. The second-order valence-corrected chi connectivity index (χ2v) is 9.25. The highest BCUT2D eigenvalue weighted by Gasteiger charge is 2.41. The predicted octanol–water partition coefficient (Wildman–Crippen LogP) is 3.93. The summed E-state index contributed by atoms with van der Waals surface area (Å²) in [6, 6.07) is 13.7. The molecule has 1 aliphatic rings. The van der Waals surface area contributed by atoms with E-state index in [1.54, 1.807) is 6.07 Å². The number of benzene rings is 3. The van der Waals surface area contributed by atoms with Crippen LogP contribution in [0.1, 0.15) is 26.3 Å². The Morgan fingerprint density at radius 2 is 1.59 bits per heavy atom. The van der Waals surface area contributed by atoms with Crippen LogP contribution in [0.5, 0.6) is 0 Å². The lowest BCUT2D eigenvalue weighted by atomic mass is 10.0. The van der Waals surface area contributed by atoms with E-state index in [1.807, 2.05) is 0 Å². The second-order valence-electron chi connectivity index (χ2n) is 8.44. The predicted molar refractivity (Wildman–Crippen MR) is 142 cm³/mol. The van der Waals surface area contributed by atoms with Gasteiger partial charge < -0.3 is 26.2 Å². The molecule has 0 saturated heterocycles. The van der Waals surface area contributed by atoms with Crippen LogP contribution < -0.4 is 16.0 Å². The van der Waals surface area contributed by atoms with E-state index in [4.69, 9.17) is 23.2 Å². The summed E-state index contributed by atoms with van der Waals surface area (Å²) in [6.45, 7) is 0. The molecule has 5 N–H and O–H groups in total. The Morgan fingerprint density at radius 3 is 2.21 bits per heavy atom. The zero-order valence-corrected chi connectivity index (χ0v) is 21.4. The van der Waals surface area contributed by atoms with Crippen LogP contribution >= 0.6 is 23.2 Å². The molecule has 11 nitrogen and oxygen atoms in total. The molecule has 0 aromatic heterocycles. The van der Waals surface area contributed by atoms with Gasteiger partial charge in [-0.25, -0.2) is 14.4 Å². The SMILES string of the molecule is O=C1Nc2cccc(c2)C(=O)N(C(Cc2ccc(NC(=O)c3c(Cl)cccc3Cl)cc2)C(=O)O)C(C(=O)O)N1. The number of hydrogen-bond donors (Lipinski definition) is 5. The molecule has 4 amide bonds. The van der Waals surface area contributed by atoms with Gasteiger partial charge in [-0.1, -0.05) is 47.5 Å². The monoisotopic (exact) mass is 570 g/mol. The van der Waals surface area contributed by atoms with Gasteiger partial charge >= 0.3 is 18.0 Å². The fourth-order valence-corrected chi connectivity index (χ4v) is 4.59. The van der Waals surface area contributed by atoms with Crippen LogP contribution in [-0.4, -0.2) is 57.1 Å². The molecular formula is C26H20Cl2N4O7. The van der Waals surface area contributed by atoms with Gasteiger partial charge in [-0.3, -0.25) is 14.5 Å². The molecule has 3 aromatic carbocycles. The van der Waals surface area contributed by atoms with Gasteiger partial charge in [0.1, 0.15) is 6.04 Å². The Labute approximate surface area is 231 Å². The molecule has 200 valence electrons. The lowest BCUT2D eigenvalue weighted by Crippen LogP contribution is -2.61. The molecule has 2 unspecified atom stereocenters. The topological polar surface area (TPSA) is 165 Å². The van der Waals surface area contributed by atoms with E-state index < -0.39 is 42.0 Å². The van der Waals surface area contributed by atoms with E-state index in [1.165, 1.54) is 60.7 Å². The highest BCUT2D eigenvalue weighted by atomic mass is 35.5. The third-order valence-corrected chi connectivity index (χ3v) is 6.46. The van der Waals surface area contributed by atoms with Crippen LogP contribution in [0.15, 0.2) is 66.7 Å². The van der Waals surface area contributed by atoms with E-state index in [0.717, 1.165) is 0 Å². The number of amides is 4. The summed E-state index contributed by atoms with van der Waals surface area (Å²) in [6.07, 6.45) is -2.29. The number of carboxylic acids is 2. The van der Waals surface area contributed by atoms with Crippen LogP contribution in [0.2, 0.25) is 10.0 Å². The van der Waals surface area contributed by atoms with Gasteiger partial charge in [0.15, 0.2) is 0 Å². The normalized spacial score (nSPS) is 15.6. The number of carbonyl (C=O) groups excluding carboxylic acids is 3. The number of hydrogen-bond acceptors (Lipinski definition) is 5. The van der Waals surface area contributed by atoms with Crippen molar-refractivity contribution < 1.29 is 34.2 Å². The molecule has 0 fully saturated rings. The first-order chi connectivity index (χ1) is 18.5. The number of anilines is 2. The maximum Gasteiger partial charge on any atom is 0.347 e. The molecule has 1 heterocycles. The summed E-state index contributed by atoms with van der Waals surface area (Å²) in [5, 5.41) is 27.4. The quantitative estimate of drug-likeness (QED) is 0.287. The molecule has 0 aliphatic carbocycles. The van der Waals surface area contributed by atoms with Crippen molar-refractivity contribution in [3.63, 3.8) is 0 Å². The van der Waals surface area contributed by atoms with Gasteiger partial charge in [0.2, 0.25) is 6.17 Å². The molecule has 4 rings (SSSR count).